The number of hydrogen-bond donors (Lipinski definition) is 1. The predicted octanol–water partition coefficient (Wildman–Crippen LogP) is 5.21. The maximum atomic E-state index is 13.9. The van der Waals surface area contributed by atoms with Crippen LogP contribution in [-0.2, 0) is 5.60 Å². The minimum Gasteiger partial charge on any atom is -0.385 e. The molecule has 1 aliphatic heterocycles. The van der Waals surface area contributed by atoms with E-state index in [0.717, 1.165) is 31.2 Å². The molecular formula is C29H29NO3. The molecule has 33 heavy (non-hydrogen) atoms. The number of hydrogen-bond acceptors (Lipinski definition) is 3. The number of likely N-dealkylation sites (tertiary alicyclic amines) is 1. The van der Waals surface area contributed by atoms with Crippen LogP contribution in [0, 0.1) is 5.92 Å². The second-order valence-electron chi connectivity index (χ2n) is 9.24. The Bertz CT molecular complexity index is 1140. The number of ketones is 1. The fourth-order valence-electron chi connectivity index (χ4n) is 5.79. The van der Waals surface area contributed by atoms with Crippen LogP contribution >= 0.6 is 0 Å². The highest BCUT2D eigenvalue weighted by Gasteiger charge is 2.50. The van der Waals surface area contributed by atoms with Gasteiger partial charge in [-0.1, -0.05) is 91.7 Å². The van der Waals surface area contributed by atoms with E-state index in [1.807, 2.05) is 59.5 Å². The van der Waals surface area contributed by atoms with E-state index < -0.39 is 5.60 Å². The average Bonchev–Trinajstić information content (AvgIpc) is 2.89. The molecule has 3 unspecified atom stereocenters. The van der Waals surface area contributed by atoms with Gasteiger partial charge in [-0.25, -0.2) is 0 Å². The molecule has 1 amide bonds. The maximum absolute atomic E-state index is 13.9. The number of fused-ring (bicyclic) bond motifs is 1. The average molecular weight is 440 g/mol. The van der Waals surface area contributed by atoms with Gasteiger partial charge >= 0.3 is 0 Å². The highest BCUT2D eigenvalue weighted by molar-refractivity contribution is 6.15. The molecule has 1 saturated heterocycles. The summed E-state index contributed by atoms with van der Waals surface area (Å²) in [5.74, 6) is -0.261. The summed E-state index contributed by atoms with van der Waals surface area (Å²) in [5.41, 5.74) is 1.47. The lowest BCUT2D eigenvalue weighted by molar-refractivity contribution is -0.110. The fraction of sp³-hybridized carbons (Fsp3) is 0.310. The van der Waals surface area contributed by atoms with Crippen molar-refractivity contribution in [1.29, 1.82) is 0 Å². The summed E-state index contributed by atoms with van der Waals surface area (Å²) in [7, 11) is 0. The molecule has 3 aromatic rings. The van der Waals surface area contributed by atoms with Crippen LogP contribution in [0.1, 0.15) is 63.9 Å². The Morgan fingerprint density at radius 3 is 2.12 bits per heavy atom. The van der Waals surface area contributed by atoms with Crippen molar-refractivity contribution in [2.75, 3.05) is 6.54 Å². The number of aliphatic hydroxyl groups is 1. The van der Waals surface area contributed by atoms with Crippen LogP contribution in [0.3, 0.4) is 0 Å². The van der Waals surface area contributed by atoms with Gasteiger partial charge in [-0.05, 0) is 30.9 Å². The first-order valence-corrected chi connectivity index (χ1v) is 11.9. The van der Waals surface area contributed by atoms with Gasteiger partial charge in [0.2, 0.25) is 0 Å². The van der Waals surface area contributed by atoms with Gasteiger partial charge < -0.3 is 10.0 Å². The van der Waals surface area contributed by atoms with Gasteiger partial charge in [0, 0.05) is 29.6 Å². The first-order valence-electron chi connectivity index (χ1n) is 11.9. The molecule has 3 atom stereocenters. The Kier molecular flexibility index (Phi) is 5.86. The summed E-state index contributed by atoms with van der Waals surface area (Å²) >= 11 is 0. The Balaban J connectivity index is 1.48. The van der Waals surface area contributed by atoms with Crippen molar-refractivity contribution in [1.82, 2.24) is 4.90 Å². The van der Waals surface area contributed by atoms with E-state index in [1.54, 1.807) is 30.3 Å². The molecule has 0 bridgehead atoms. The van der Waals surface area contributed by atoms with Gasteiger partial charge in [0.05, 0.1) is 11.2 Å². The molecule has 4 nitrogen and oxygen atoms in total. The Hall–Kier alpha value is -3.24. The predicted molar refractivity (Wildman–Crippen MR) is 128 cm³/mol. The molecule has 1 aliphatic carbocycles. The zero-order chi connectivity index (χ0) is 22.8. The van der Waals surface area contributed by atoms with Gasteiger partial charge in [0.1, 0.15) is 0 Å². The fourth-order valence-corrected chi connectivity index (χ4v) is 5.79. The molecule has 1 heterocycles. The highest BCUT2D eigenvalue weighted by atomic mass is 16.3. The highest BCUT2D eigenvalue weighted by Crippen LogP contribution is 2.47. The van der Waals surface area contributed by atoms with Gasteiger partial charge in [0.15, 0.2) is 5.78 Å². The SMILES string of the molecule is O=C(c1ccccc1)c1ccccc1C(=O)N1CCC(O)(c2ccccc2)C2CCCCC21. The zero-order valence-electron chi connectivity index (χ0n) is 18.7. The smallest absolute Gasteiger partial charge is 0.254 e. The van der Waals surface area contributed by atoms with Crippen LogP contribution in [0.25, 0.3) is 0 Å². The van der Waals surface area contributed by atoms with Crippen molar-refractivity contribution in [2.45, 2.75) is 43.7 Å². The molecule has 2 aliphatic rings. The van der Waals surface area contributed by atoms with Crippen LogP contribution < -0.4 is 0 Å². The third-order valence-corrected chi connectivity index (χ3v) is 7.45. The van der Waals surface area contributed by atoms with E-state index in [4.69, 9.17) is 0 Å². The van der Waals surface area contributed by atoms with E-state index in [1.165, 1.54) is 0 Å². The van der Waals surface area contributed by atoms with Crippen LogP contribution in [0.15, 0.2) is 84.9 Å². The number of rotatable bonds is 4. The molecule has 4 heteroatoms. The van der Waals surface area contributed by atoms with Crippen LogP contribution in [0.2, 0.25) is 0 Å². The molecule has 0 radical (unpaired) electrons. The van der Waals surface area contributed by atoms with Crippen molar-refractivity contribution >= 4 is 11.7 Å². The van der Waals surface area contributed by atoms with Crippen molar-refractivity contribution in [3.63, 3.8) is 0 Å². The monoisotopic (exact) mass is 439 g/mol. The van der Waals surface area contributed by atoms with Gasteiger partial charge in [-0.15, -0.1) is 0 Å². The summed E-state index contributed by atoms with van der Waals surface area (Å²) in [6, 6.07) is 26.1. The number of carbonyl (C=O) groups excluding carboxylic acids is 2. The van der Waals surface area contributed by atoms with Gasteiger partial charge in [-0.2, -0.15) is 0 Å². The van der Waals surface area contributed by atoms with Crippen LogP contribution in [-0.4, -0.2) is 34.3 Å². The lowest BCUT2D eigenvalue weighted by Gasteiger charge is -2.52. The van der Waals surface area contributed by atoms with Crippen LogP contribution in [0.5, 0.6) is 0 Å². The summed E-state index contributed by atoms with van der Waals surface area (Å²) in [4.78, 5) is 29.0. The summed E-state index contributed by atoms with van der Waals surface area (Å²) < 4.78 is 0. The lowest BCUT2D eigenvalue weighted by Crippen LogP contribution is -2.59. The largest absolute Gasteiger partial charge is 0.385 e. The van der Waals surface area contributed by atoms with Gasteiger partial charge in [0.25, 0.3) is 5.91 Å². The molecular weight excluding hydrogens is 410 g/mol. The number of piperidine rings is 1. The standard InChI is InChI=1S/C29H29NO3/c31-27(21-11-3-1-4-12-21)23-15-7-8-16-24(23)28(32)30-20-19-29(33,22-13-5-2-6-14-22)25-17-9-10-18-26(25)30/h1-8,11-16,25-26,33H,9-10,17-20H2. The van der Waals surface area contributed by atoms with E-state index in [2.05, 4.69) is 0 Å². The molecule has 2 fully saturated rings. The van der Waals surface area contributed by atoms with Crippen LogP contribution in [0.4, 0.5) is 0 Å². The minimum absolute atomic E-state index is 0.0108. The molecule has 1 saturated carbocycles. The normalized spacial score (nSPS) is 24.7. The quantitative estimate of drug-likeness (QED) is 0.568. The molecule has 0 spiro atoms. The topological polar surface area (TPSA) is 57.6 Å². The molecule has 3 aromatic carbocycles. The summed E-state index contributed by atoms with van der Waals surface area (Å²) in [5, 5.41) is 11.8. The minimum atomic E-state index is -0.928. The Labute approximate surface area is 194 Å². The van der Waals surface area contributed by atoms with E-state index >= 15 is 0 Å². The molecule has 168 valence electrons. The van der Waals surface area contributed by atoms with E-state index in [-0.39, 0.29) is 23.7 Å². The summed E-state index contributed by atoms with van der Waals surface area (Å²) in [6.07, 6.45) is 4.37. The lowest BCUT2D eigenvalue weighted by atomic mass is 9.66. The molecule has 1 N–H and O–H groups in total. The second-order valence-corrected chi connectivity index (χ2v) is 9.24. The number of nitrogens with zero attached hydrogens (tertiary/aromatic N) is 1. The molecule has 0 aromatic heterocycles. The summed E-state index contributed by atoms with van der Waals surface area (Å²) in [6.45, 7) is 0.471. The van der Waals surface area contributed by atoms with E-state index in [0.29, 0.717) is 29.7 Å². The van der Waals surface area contributed by atoms with Gasteiger partial charge in [-0.3, -0.25) is 9.59 Å². The third-order valence-electron chi connectivity index (χ3n) is 7.45. The van der Waals surface area contributed by atoms with E-state index in [9.17, 15) is 14.7 Å². The number of carbonyl (C=O) groups is 2. The second kappa shape index (κ2) is 8.95. The van der Waals surface area contributed by atoms with Crippen molar-refractivity contribution < 1.29 is 14.7 Å². The van der Waals surface area contributed by atoms with Crippen molar-refractivity contribution in [3.05, 3.63) is 107 Å². The first kappa shape index (κ1) is 21.6. The van der Waals surface area contributed by atoms with Crippen molar-refractivity contribution in [3.8, 4) is 0 Å². The zero-order valence-corrected chi connectivity index (χ0v) is 18.7. The Morgan fingerprint density at radius 1 is 0.788 bits per heavy atom. The van der Waals surface area contributed by atoms with Crippen molar-refractivity contribution in [2.24, 2.45) is 5.92 Å². The third kappa shape index (κ3) is 3.89. The first-order chi connectivity index (χ1) is 16.1. The Morgan fingerprint density at radius 2 is 1.39 bits per heavy atom. The maximum Gasteiger partial charge on any atom is 0.254 e. The number of benzene rings is 3. The number of amides is 1. The molecule has 5 rings (SSSR count).